The maximum Gasteiger partial charge on any atom is 0.341 e. The van der Waals surface area contributed by atoms with E-state index < -0.39 is 11.9 Å². The Kier molecular flexibility index (Phi) is 5.94. The first-order chi connectivity index (χ1) is 11.5. The van der Waals surface area contributed by atoms with Gasteiger partial charge in [0.1, 0.15) is 10.6 Å². The summed E-state index contributed by atoms with van der Waals surface area (Å²) in [5.74, 6) is -0.966. The number of nitrogens with zero attached hydrogens (tertiary/aromatic N) is 1. The van der Waals surface area contributed by atoms with Crippen molar-refractivity contribution in [2.45, 2.75) is 20.8 Å². The van der Waals surface area contributed by atoms with E-state index >= 15 is 0 Å². The first-order valence-electron chi connectivity index (χ1n) is 7.35. The molecule has 0 unspecified atom stereocenters. The number of hydrogen-bond acceptors (Lipinski definition) is 6. The number of nitrogens with one attached hydrogen (secondary N) is 1. The van der Waals surface area contributed by atoms with Gasteiger partial charge in [0.25, 0.3) is 0 Å². The van der Waals surface area contributed by atoms with Gasteiger partial charge in [0.05, 0.1) is 6.61 Å². The van der Waals surface area contributed by atoms with E-state index in [2.05, 4.69) is 10.5 Å². The smallest absolute Gasteiger partial charge is 0.341 e. The number of benzene rings is 1. The van der Waals surface area contributed by atoms with Crippen molar-refractivity contribution in [3.63, 3.8) is 0 Å². The lowest BCUT2D eigenvalue weighted by Crippen LogP contribution is -2.13. The van der Waals surface area contributed by atoms with Crippen molar-refractivity contribution >= 4 is 34.3 Å². The second-order valence-corrected chi connectivity index (χ2v) is 5.94. The van der Waals surface area contributed by atoms with Crippen LogP contribution in [0.3, 0.4) is 0 Å². The van der Waals surface area contributed by atoms with Crippen molar-refractivity contribution in [1.82, 2.24) is 5.48 Å². The Balaban J connectivity index is 2.77. The summed E-state index contributed by atoms with van der Waals surface area (Å²) in [6, 6.07) is 9.23. The normalized spacial score (nSPS) is 17.9. The van der Waals surface area contributed by atoms with Crippen molar-refractivity contribution in [1.29, 1.82) is 0 Å². The molecular formula is C17H18N2O4S. The fourth-order valence-electron chi connectivity index (χ4n) is 2.23. The van der Waals surface area contributed by atoms with Crippen LogP contribution in [-0.4, -0.2) is 28.7 Å². The van der Waals surface area contributed by atoms with Gasteiger partial charge in [0.2, 0.25) is 5.91 Å². The fourth-order valence-corrected chi connectivity index (χ4v) is 3.40. The molecule has 0 atom stereocenters. The van der Waals surface area contributed by atoms with Crippen LogP contribution in [0.25, 0.3) is 5.57 Å². The van der Waals surface area contributed by atoms with Gasteiger partial charge >= 0.3 is 5.97 Å². The summed E-state index contributed by atoms with van der Waals surface area (Å²) in [5.41, 5.74) is 4.14. The fraction of sp³-hybridized carbons (Fsp3) is 0.235. The van der Waals surface area contributed by atoms with Gasteiger partial charge in [-0.3, -0.25) is 15.5 Å². The summed E-state index contributed by atoms with van der Waals surface area (Å²) in [6.07, 6.45) is 0. The lowest BCUT2D eigenvalue weighted by atomic mass is 9.99. The minimum Gasteiger partial charge on any atom is -0.462 e. The van der Waals surface area contributed by atoms with Crippen molar-refractivity contribution in [3.05, 3.63) is 52.1 Å². The van der Waals surface area contributed by atoms with Crippen molar-refractivity contribution in [3.8, 4) is 0 Å². The Morgan fingerprint density at radius 3 is 2.46 bits per heavy atom. The van der Waals surface area contributed by atoms with Crippen molar-refractivity contribution in [2.24, 2.45) is 4.99 Å². The second-order valence-electron chi connectivity index (χ2n) is 4.94. The zero-order valence-corrected chi connectivity index (χ0v) is 14.4. The molecule has 0 aromatic heterocycles. The molecule has 126 valence electrons. The highest BCUT2D eigenvalue weighted by atomic mass is 32.2. The van der Waals surface area contributed by atoms with E-state index in [1.165, 1.54) is 6.92 Å². The number of hydrogen-bond donors (Lipinski definition) is 2. The molecule has 6 nitrogen and oxygen atoms in total. The van der Waals surface area contributed by atoms with E-state index in [-0.39, 0.29) is 17.2 Å². The zero-order chi connectivity index (χ0) is 17.7. The number of amides is 1. The molecule has 0 aliphatic carbocycles. The molecule has 1 aromatic carbocycles. The van der Waals surface area contributed by atoms with Gasteiger partial charge in [0, 0.05) is 23.1 Å². The molecule has 1 amide bonds. The molecule has 0 saturated heterocycles. The highest BCUT2D eigenvalue weighted by Crippen LogP contribution is 2.45. The van der Waals surface area contributed by atoms with Crippen LogP contribution in [0, 0.1) is 0 Å². The highest BCUT2D eigenvalue weighted by molar-refractivity contribution is 8.19. The van der Waals surface area contributed by atoms with E-state index in [1.54, 1.807) is 13.8 Å². The number of rotatable bonds is 4. The standard InChI is InChI=1S/C17H18N2O4S/c1-4-23-17(21)14-13(12-8-6-5-7-9-12)15(10(2)19-22)24-16(14)18-11(3)20/h5-9,19,22H,4H2,1-3H3/b15-10+,18-16?. The molecule has 24 heavy (non-hydrogen) atoms. The summed E-state index contributed by atoms with van der Waals surface area (Å²) in [7, 11) is 0. The summed E-state index contributed by atoms with van der Waals surface area (Å²) < 4.78 is 5.14. The molecule has 1 aliphatic heterocycles. The summed E-state index contributed by atoms with van der Waals surface area (Å²) in [5, 5.41) is 9.56. The van der Waals surface area contributed by atoms with Gasteiger partial charge < -0.3 is 4.74 Å². The minimum atomic E-state index is -0.551. The van der Waals surface area contributed by atoms with Crippen molar-refractivity contribution in [2.75, 3.05) is 6.61 Å². The number of hydroxylamine groups is 1. The van der Waals surface area contributed by atoms with E-state index in [0.29, 0.717) is 16.2 Å². The molecule has 0 spiro atoms. The number of carbonyl (C=O) groups excluding carboxylic acids is 2. The molecular weight excluding hydrogens is 328 g/mol. The van der Waals surface area contributed by atoms with E-state index in [9.17, 15) is 14.8 Å². The summed E-state index contributed by atoms with van der Waals surface area (Å²) in [6.45, 7) is 4.91. The molecule has 0 fully saturated rings. The van der Waals surface area contributed by atoms with Crippen LogP contribution in [0.1, 0.15) is 26.3 Å². The average molecular weight is 346 g/mol. The number of esters is 1. The first kappa shape index (κ1) is 18.0. The Bertz CT molecular complexity index is 751. The third kappa shape index (κ3) is 3.74. The lowest BCUT2D eigenvalue weighted by molar-refractivity contribution is -0.137. The molecule has 0 bridgehead atoms. The third-order valence-corrected chi connectivity index (χ3v) is 4.40. The van der Waals surface area contributed by atoms with Gasteiger partial charge in [0.15, 0.2) is 0 Å². The summed E-state index contributed by atoms with van der Waals surface area (Å²) >= 11 is 1.15. The monoisotopic (exact) mass is 346 g/mol. The van der Waals surface area contributed by atoms with Crippen LogP contribution in [0.5, 0.6) is 0 Å². The molecule has 2 N–H and O–H groups in total. The maximum absolute atomic E-state index is 12.5. The number of ether oxygens (including phenoxy) is 1. The Hall–Kier alpha value is -2.38. The Labute approximate surface area is 144 Å². The average Bonchev–Trinajstić information content (AvgIpc) is 2.93. The largest absolute Gasteiger partial charge is 0.462 e. The SMILES string of the molecule is CCOC(=O)C1=C(c2ccccc2)/C(=C(/C)NO)SC1=NC(C)=O. The number of allylic oxidation sites excluding steroid dienone is 2. The third-order valence-electron chi connectivity index (χ3n) is 3.20. The maximum atomic E-state index is 12.5. The van der Waals surface area contributed by atoms with Crippen LogP contribution in [0.4, 0.5) is 0 Å². The summed E-state index contributed by atoms with van der Waals surface area (Å²) in [4.78, 5) is 28.5. The predicted octanol–water partition coefficient (Wildman–Crippen LogP) is 2.91. The molecule has 0 saturated carbocycles. The topological polar surface area (TPSA) is 88.0 Å². The molecule has 0 radical (unpaired) electrons. The van der Waals surface area contributed by atoms with Crippen LogP contribution in [-0.2, 0) is 14.3 Å². The van der Waals surface area contributed by atoms with Crippen LogP contribution < -0.4 is 5.48 Å². The Morgan fingerprint density at radius 1 is 1.25 bits per heavy atom. The van der Waals surface area contributed by atoms with Crippen LogP contribution in [0.15, 0.2) is 51.5 Å². The van der Waals surface area contributed by atoms with E-state index in [4.69, 9.17) is 4.74 Å². The highest BCUT2D eigenvalue weighted by Gasteiger charge is 2.35. The predicted molar refractivity (Wildman–Crippen MR) is 93.3 cm³/mol. The molecule has 2 rings (SSSR count). The number of carbonyl (C=O) groups is 2. The lowest BCUT2D eigenvalue weighted by Gasteiger charge is -2.10. The van der Waals surface area contributed by atoms with Gasteiger partial charge in [-0.15, -0.1) is 0 Å². The van der Waals surface area contributed by atoms with Gasteiger partial charge in [-0.25, -0.2) is 9.79 Å². The quantitative estimate of drug-likeness (QED) is 0.644. The van der Waals surface area contributed by atoms with Gasteiger partial charge in [-0.05, 0) is 19.4 Å². The van der Waals surface area contributed by atoms with Gasteiger partial charge in [-0.1, -0.05) is 42.1 Å². The second kappa shape index (κ2) is 7.94. The number of thioether (sulfide) groups is 1. The Morgan fingerprint density at radius 2 is 1.92 bits per heavy atom. The van der Waals surface area contributed by atoms with Crippen LogP contribution in [0.2, 0.25) is 0 Å². The van der Waals surface area contributed by atoms with Gasteiger partial charge in [-0.2, -0.15) is 0 Å². The number of aliphatic imine (C=N–C) groups is 1. The molecule has 1 heterocycles. The zero-order valence-electron chi connectivity index (χ0n) is 13.6. The van der Waals surface area contributed by atoms with Crippen LogP contribution >= 0.6 is 11.8 Å². The molecule has 1 aliphatic rings. The molecule has 1 aromatic rings. The van der Waals surface area contributed by atoms with E-state index in [1.807, 2.05) is 30.3 Å². The minimum absolute atomic E-state index is 0.207. The van der Waals surface area contributed by atoms with E-state index in [0.717, 1.165) is 17.3 Å². The first-order valence-corrected chi connectivity index (χ1v) is 8.16. The van der Waals surface area contributed by atoms with Crippen molar-refractivity contribution < 1.29 is 19.5 Å². The molecule has 7 heteroatoms.